The Morgan fingerprint density at radius 2 is 1.00 bits per heavy atom. The van der Waals surface area contributed by atoms with E-state index in [1.165, 1.54) is 0 Å². The zero-order chi connectivity index (χ0) is 20.9. The molecule has 0 saturated carbocycles. The summed E-state index contributed by atoms with van der Waals surface area (Å²) < 4.78 is 10.0. The number of carbonyl (C=O) groups is 4. The SMILES string of the molecule is O=C(CC(=O)NCC(=O)OCc1ccccc1)NCC(=O)OCc1ccccc1. The molecule has 2 N–H and O–H groups in total. The van der Waals surface area contributed by atoms with E-state index in [0.29, 0.717) is 0 Å². The van der Waals surface area contributed by atoms with E-state index in [2.05, 4.69) is 10.6 Å². The van der Waals surface area contributed by atoms with Crippen molar-refractivity contribution in [2.75, 3.05) is 13.1 Å². The first-order chi connectivity index (χ1) is 14.0. The number of benzene rings is 2. The molecule has 2 amide bonds. The fourth-order valence-corrected chi connectivity index (χ4v) is 2.19. The average molecular weight is 398 g/mol. The third-order valence-electron chi connectivity index (χ3n) is 3.67. The van der Waals surface area contributed by atoms with Crippen molar-refractivity contribution in [2.24, 2.45) is 0 Å². The van der Waals surface area contributed by atoms with E-state index >= 15 is 0 Å². The molecule has 2 rings (SSSR count). The number of amides is 2. The number of esters is 2. The lowest BCUT2D eigenvalue weighted by Gasteiger charge is -2.08. The van der Waals surface area contributed by atoms with Crippen LogP contribution in [0.15, 0.2) is 60.7 Å². The highest BCUT2D eigenvalue weighted by Crippen LogP contribution is 2.01. The maximum Gasteiger partial charge on any atom is 0.325 e. The van der Waals surface area contributed by atoms with E-state index in [1.807, 2.05) is 36.4 Å². The van der Waals surface area contributed by atoms with Crippen molar-refractivity contribution in [2.45, 2.75) is 19.6 Å². The van der Waals surface area contributed by atoms with Crippen LogP contribution in [0.4, 0.5) is 0 Å². The van der Waals surface area contributed by atoms with Crippen LogP contribution >= 0.6 is 0 Å². The molecular formula is C21H22N2O6. The first-order valence-corrected chi connectivity index (χ1v) is 8.95. The molecule has 0 atom stereocenters. The monoisotopic (exact) mass is 398 g/mol. The van der Waals surface area contributed by atoms with Crippen molar-refractivity contribution >= 4 is 23.8 Å². The summed E-state index contributed by atoms with van der Waals surface area (Å²) in [7, 11) is 0. The summed E-state index contributed by atoms with van der Waals surface area (Å²) in [6, 6.07) is 18.2. The second-order valence-electron chi connectivity index (χ2n) is 6.02. The first-order valence-electron chi connectivity index (χ1n) is 8.95. The third-order valence-corrected chi connectivity index (χ3v) is 3.67. The van der Waals surface area contributed by atoms with Gasteiger partial charge in [0.1, 0.15) is 32.7 Å². The summed E-state index contributed by atoms with van der Waals surface area (Å²) in [6.45, 7) is -0.502. The Balaban J connectivity index is 1.56. The fraction of sp³-hybridized carbons (Fsp3) is 0.238. The highest BCUT2D eigenvalue weighted by atomic mass is 16.5. The van der Waals surface area contributed by atoms with E-state index in [-0.39, 0.29) is 26.3 Å². The summed E-state index contributed by atoms with van der Waals surface area (Å²) in [5.74, 6) is -2.55. The van der Waals surface area contributed by atoms with Gasteiger partial charge in [0.15, 0.2) is 0 Å². The van der Waals surface area contributed by atoms with Gasteiger partial charge in [-0.1, -0.05) is 60.7 Å². The van der Waals surface area contributed by atoms with E-state index in [1.54, 1.807) is 24.3 Å². The minimum absolute atomic E-state index is 0.0983. The van der Waals surface area contributed by atoms with Gasteiger partial charge in [0.25, 0.3) is 0 Å². The van der Waals surface area contributed by atoms with Crippen molar-refractivity contribution in [3.63, 3.8) is 0 Å². The third kappa shape index (κ3) is 9.18. The molecule has 0 aromatic heterocycles. The number of rotatable bonds is 10. The lowest BCUT2D eigenvalue weighted by molar-refractivity contribution is -0.146. The van der Waals surface area contributed by atoms with Crippen LogP contribution in [0.1, 0.15) is 17.5 Å². The van der Waals surface area contributed by atoms with Crippen molar-refractivity contribution in [1.29, 1.82) is 0 Å². The average Bonchev–Trinajstić information content (AvgIpc) is 2.75. The summed E-state index contributed by atoms with van der Waals surface area (Å²) in [5, 5.41) is 4.59. The Hall–Kier alpha value is -3.68. The molecule has 2 aromatic carbocycles. The summed E-state index contributed by atoms with van der Waals surface area (Å²) in [4.78, 5) is 46.6. The number of ether oxygens (including phenoxy) is 2. The zero-order valence-electron chi connectivity index (χ0n) is 15.8. The molecule has 0 aliphatic carbocycles. The van der Waals surface area contributed by atoms with Crippen molar-refractivity contribution < 1.29 is 28.7 Å². The largest absolute Gasteiger partial charge is 0.460 e. The van der Waals surface area contributed by atoms with Crippen molar-refractivity contribution in [1.82, 2.24) is 10.6 Å². The van der Waals surface area contributed by atoms with Crippen LogP contribution in [0.3, 0.4) is 0 Å². The Morgan fingerprint density at radius 1 is 0.621 bits per heavy atom. The summed E-state index contributed by atoms with van der Waals surface area (Å²) in [6.07, 6.45) is -0.516. The predicted octanol–water partition coefficient (Wildman–Crippen LogP) is 1.10. The van der Waals surface area contributed by atoms with Gasteiger partial charge in [-0.05, 0) is 11.1 Å². The summed E-state index contributed by atoms with van der Waals surface area (Å²) >= 11 is 0. The van der Waals surface area contributed by atoms with Crippen molar-refractivity contribution in [3.8, 4) is 0 Å². The molecule has 0 fully saturated rings. The van der Waals surface area contributed by atoms with E-state index in [0.717, 1.165) is 11.1 Å². The minimum atomic E-state index is -0.656. The second kappa shape index (κ2) is 11.9. The lowest BCUT2D eigenvalue weighted by Crippen LogP contribution is -2.37. The van der Waals surface area contributed by atoms with Gasteiger partial charge in [-0.3, -0.25) is 19.2 Å². The van der Waals surface area contributed by atoms with E-state index < -0.39 is 30.2 Å². The van der Waals surface area contributed by atoms with Gasteiger partial charge in [-0.15, -0.1) is 0 Å². The molecule has 0 saturated heterocycles. The van der Waals surface area contributed by atoms with Gasteiger partial charge in [0, 0.05) is 0 Å². The van der Waals surface area contributed by atoms with Gasteiger partial charge >= 0.3 is 11.9 Å². The topological polar surface area (TPSA) is 111 Å². The van der Waals surface area contributed by atoms with Crippen LogP contribution in [0.25, 0.3) is 0 Å². The zero-order valence-corrected chi connectivity index (χ0v) is 15.8. The van der Waals surface area contributed by atoms with Crippen LogP contribution in [-0.4, -0.2) is 36.8 Å². The fourth-order valence-electron chi connectivity index (χ4n) is 2.19. The molecule has 0 bridgehead atoms. The smallest absolute Gasteiger partial charge is 0.325 e. The highest BCUT2D eigenvalue weighted by Gasteiger charge is 2.13. The molecule has 8 heteroatoms. The summed E-state index contributed by atoms with van der Waals surface area (Å²) in [5.41, 5.74) is 1.65. The quantitative estimate of drug-likeness (QED) is 0.458. The van der Waals surface area contributed by atoms with Crippen LogP contribution in [0, 0.1) is 0 Å². The lowest BCUT2D eigenvalue weighted by atomic mass is 10.2. The molecular weight excluding hydrogens is 376 g/mol. The Kier molecular flexibility index (Phi) is 8.88. The molecule has 0 spiro atoms. The number of hydrogen-bond donors (Lipinski definition) is 2. The van der Waals surface area contributed by atoms with E-state index in [4.69, 9.17) is 9.47 Å². The van der Waals surface area contributed by atoms with Gasteiger partial charge in [-0.25, -0.2) is 0 Å². The molecule has 0 unspecified atom stereocenters. The Bertz CT molecular complexity index is 754. The number of nitrogens with one attached hydrogen (secondary N) is 2. The van der Waals surface area contributed by atoms with Gasteiger partial charge in [0.2, 0.25) is 11.8 Å². The standard InChI is InChI=1S/C21H22N2O6/c24-18(22-12-20(26)28-14-16-7-3-1-4-8-16)11-19(25)23-13-21(27)29-15-17-9-5-2-6-10-17/h1-10H,11-15H2,(H,22,24)(H,23,25). The molecule has 29 heavy (non-hydrogen) atoms. The molecule has 0 radical (unpaired) electrons. The van der Waals surface area contributed by atoms with Crippen LogP contribution in [0.5, 0.6) is 0 Å². The maximum absolute atomic E-state index is 11.7. The minimum Gasteiger partial charge on any atom is -0.460 e. The number of hydrogen-bond acceptors (Lipinski definition) is 6. The van der Waals surface area contributed by atoms with E-state index in [9.17, 15) is 19.2 Å². The molecule has 152 valence electrons. The van der Waals surface area contributed by atoms with Crippen LogP contribution in [-0.2, 0) is 41.9 Å². The Labute approximate surface area is 168 Å². The van der Waals surface area contributed by atoms with Gasteiger partial charge < -0.3 is 20.1 Å². The van der Waals surface area contributed by atoms with Crippen LogP contribution < -0.4 is 10.6 Å². The maximum atomic E-state index is 11.7. The molecule has 0 heterocycles. The predicted molar refractivity (Wildman–Crippen MR) is 103 cm³/mol. The van der Waals surface area contributed by atoms with Crippen molar-refractivity contribution in [3.05, 3.63) is 71.8 Å². The van der Waals surface area contributed by atoms with Gasteiger partial charge in [-0.2, -0.15) is 0 Å². The van der Waals surface area contributed by atoms with Gasteiger partial charge in [0.05, 0.1) is 0 Å². The molecule has 0 aliphatic rings. The highest BCUT2D eigenvalue weighted by molar-refractivity contribution is 5.98. The number of carbonyl (C=O) groups excluding carboxylic acids is 4. The second-order valence-corrected chi connectivity index (χ2v) is 6.02. The molecule has 2 aromatic rings. The Morgan fingerprint density at radius 3 is 1.38 bits per heavy atom. The molecule has 0 aliphatic heterocycles. The molecule has 8 nitrogen and oxygen atoms in total. The van der Waals surface area contributed by atoms with Crippen LogP contribution in [0.2, 0.25) is 0 Å². The normalized spacial score (nSPS) is 9.93. The first kappa shape index (κ1) is 21.6.